The van der Waals surface area contributed by atoms with Crippen molar-refractivity contribution < 1.29 is 28.2 Å². The van der Waals surface area contributed by atoms with Gasteiger partial charge < -0.3 is 20.1 Å². The van der Waals surface area contributed by atoms with Crippen LogP contribution in [0.4, 0.5) is 9.18 Å². The highest BCUT2D eigenvalue weighted by atomic mass is 19.1. The number of benzene rings is 2. The van der Waals surface area contributed by atoms with Crippen LogP contribution in [0.3, 0.4) is 0 Å². The normalized spacial score (nSPS) is 19.7. The number of hydrogen-bond acceptors (Lipinski definition) is 5. The highest BCUT2D eigenvalue weighted by Gasteiger charge is 2.48. The van der Waals surface area contributed by atoms with Gasteiger partial charge in [-0.05, 0) is 30.7 Å². The van der Waals surface area contributed by atoms with Crippen molar-refractivity contribution in [2.24, 2.45) is 0 Å². The quantitative estimate of drug-likeness (QED) is 0.703. The zero-order chi connectivity index (χ0) is 21.3. The molecule has 0 saturated carbocycles. The van der Waals surface area contributed by atoms with Crippen LogP contribution in [-0.2, 0) is 22.6 Å². The van der Waals surface area contributed by atoms with Crippen LogP contribution in [0.25, 0.3) is 0 Å². The maximum absolute atomic E-state index is 13.7. The van der Waals surface area contributed by atoms with Gasteiger partial charge in [-0.25, -0.2) is 9.18 Å². The van der Waals surface area contributed by atoms with E-state index in [-0.39, 0.29) is 19.8 Å². The number of halogens is 1. The third kappa shape index (κ3) is 3.78. The van der Waals surface area contributed by atoms with E-state index in [4.69, 9.17) is 9.47 Å². The summed E-state index contributed by atoms with van der Waals surface area (Å²) in [5, 5.41) is 5.19. The largest absolute Gasteiger partial charge is 0.454 e. The number of urea groups is 1. The Morgan fingerprint density at radius 3 is 2.77 bits per heavy atom. The first-order chi connectivity index (χ1) is 14.4. The van der Waals surface area contributed by atoms with E-state index in [1.165, 1.54) is 6.07 Å². The molecule has 2 N–H and O–H groups in total. The first-order valence-electron chi connectivity index (χ1n) is 9.38. The van der Waals surface area contributed by atoms with E-state index in [1.807, 2.05) is 0 Å². The Bertz CT molecular complexity index is 1030. The van der Waals surface area contributed by atoms with Crippen LogP contribution in [0.5, 0.6) is 11.5 Å². The summed E-state index contributed by atoms with van der Waals surface area (Å²) < 4.78 is 24.3. The fourth-order valence-corrected chi connectivity index (χ4v) is 3.50. The molecule has 4 rings (SSSR count). The van der Waals surface area contributed by atoms with E-state index in [9.17, 15) is 18.8 Å². The number of carbonyl (C=O) groups excluding carboxylic acids is 3. The number of carbonyl (C=O) groups is 3. The smallest absolute Gasteiger partial charge is 0.325 e. The Morgan fingerprint density at radius 2 is 1.97 bits per heavy atom. The van der Waals surface area contributed by atoms with Gasteiger partial charge in [0.15, 0.2) is 11.5 Å². The number of nitrogens with one attached hydrogen (secondary N) is 2. The fraction of sp³-hybridized carbons (Fsp3) is 0.286. The average Bonchev–Trinajstić information content (AvgIpc) is 3.25. The third-order valence-corrected chi connectivity index (χ3v) is 5.08. The summed E-state index contributed by atoms with van der Waals surface area (Å²) >= 11 is 0. The number of imide groups is 1. The fourth-order valence-electron chi connectivity index (χ4n) is 3.50. The predicted molar refractivity (Wildman–Crippen MR) is 103 cm³/mol. The molecule has 0 aromatic heterocycles. The summed E-state index contributed by atoms with van der Waals surface area (Å²) in [6.07, 6.45) is 0.224. The minimum Gasteiger partial charge on any atom is -0.454 e. The molecular weight excluding hydrogens is 393 g/mol. The van der Waals surface area contributed by atoms with Crippen molar-refractivity contribution in [3.05, 3.63) is 59.4 Å². The zero-order valence-corrected chi connectivity index (χ0v) is 16.2. The topological polar surface area (TPSA) is 97.0 Å². The lowest BCUT2D eigenvalue weighted by molar-refractivity contribution is -0.134. The molecule has 0 unspecified atom stereocenters. The Hall–Kier alpha value is -3.62. The Morgan fingerprint density at radius 1 is 1.20 bits per heavy atom. The zero-order valence-electron chi connectivity index (χ0n) is 16.2. The molecule has 2 aromatic carbocycles. The Kier molecular flexibility index (Phi) is 5.03. The SMILES string of the molecule is C[C@]1(Cc2ccc3c(c2)OCO3)NC(=O)N(CC(=O)NCc2ccccc2F)C1=O. The molecule has 1 atom stereocenters. The molecule has 0 spiro atoms. The van der Waals surface area contributed by atoms with Gasteiger partial charge in [-0.2, -0.15) is 0 Å². The molecule has 2 aliphatic rings. The van der Waals surface area contributed by atoms with Crippen molar-refractivity contribution in [3.63, 3.8) is 0 Å². The van der Waals surface area contributed by atoms with Crippen LogP contribution in [-0.4, -0.2) is 41.6 Å². The maximum Gasteiger partial charge on any atom is 0.325 e. The molecule has 2 heterocycles. The van der Waals surface area contributed by atoms with Gasteiger partial charge in [0.25, 0.3) is 5.91 Å². The molecule has 1 saturated heterocycles. The first kappa shape index (κ1) is 19.7. The molecule has 4 amide bonds. The molecule has 1 fully saturated rings. The molecule has 30 heavy (non-hydrogen) atoms. The highest BCUT2D eigenvalue weighted by Crippen LogP contribution is 2.34. The van der Waals surface area contributed by atoms with Gasteiger partial charge in [-0.1, -0.05) is 24.3 Å². The number of hydrogen-bond donors (Lipinski definition) is 2. The second-order valence-electron chi connectivity index (χ2n) is 7.39. The Labute approximate surface area is 171 Å². The van der Waals surface area contributed by atoms with Gasteiger partial charge in [0.05, 0.1) is 0 Å². The number of nitrogens with zero attached hydrogens (tertiary/aromatic N) is 1. The van der Waals surface area contributed by atoms with Crippen LogP contribution in [0.2, 0.25) is 0 Å². The van der Waals surface area contributed by atoms with Crippen LogP contribution in [0, 0.1) is 5.82 Å². The van der Waals surface area contributed by atoms with Gasteiger partial charge in [0.2, 0.25) is 12.7 Å². The monoisotopic (exact) mass is 413 g/mol. The Balaban J connectivity index is 1.39. The van der Waals surface area contributed by atoms with Crippen molar-refractivity contribution in [2.45, 2.75) is 25.4 Å². The van der Waals surface area contributed by atoms with Crippen molar-refractivity contribution in [2.75, 3.05) is 13.3 Å². The van der Waals surface area contributed by atoms with Crippen LogP contribution < -0.4 is 20.1 Å². The lowest BCUT2D eigenvalue weighted by atomic mass is 9.92. The van der Waals surface area contributed by atoms with Crippen molar-refractivity contribution in [1.29, 1.82) is 0 Å². The lowest BCUT2D eigenvalue weighted by Gasteiger charge is -2.22. The van der Waals surface area contributed by atoms with Gasteiger partial charge in [0.1, 0.15) is 17.9 Å². The van der Waals surface area contributed by atoms with E-state index in [2.05, 4.69) is 10.6 Å². The highest BCUT2D eigenvalue weighted by molar-refractivity contribution is 6.08. The molecule has 8 nitrogen and oxygen atoms in total. The minimum absolute atomic E-state index is 0.0381. The standard InChI is InChI=1S/C21H20FN3O5/c1-21(9-13-6-7-16-17(8-13)30-12-29-16)19(27)25(20(28)24-21)11-18(26)23-10-14-4-2-3-5-15(14)22/h2-8H,9-12H2,1H3,(H,23,26)(H,24,28)/t21-/m1/s1. The molecule has 0 bridgehead atoms. The summed E-state index contributed by atoms with van der Waals surface area (Å²) in [6, 6.07) is 10.7. The second kappa shape index (κ2) is 7.66. The number of amides is 4. The van der Waals surface area contributed by atoms with Crippen molar-refractivity contribution in [1.82, 2.24) is 15.5 Å². The van der Waals surface area contributed by atoms with E-state index in [1.54, 1.807) is 43.3 Å². The van der Waals surface area contributed by atoms with Gasteiger partial charge in [0, 0.05) is 18.5 Å². The second-order valence-corrected chi connectivity index (χ2v) is 7.39. The van der Waals surface area contributed by atoms with E-state index in [0.29, 0.717) is 17.1 Å². The molecule has 2 aromatic rings. The summed E-state index contributed by atoms with van der Waals surface area (Å²) in [5.74, 6) is -0.305. The van der Waals surface area contributed by atoms with Crippen LogP contribution in [0.1, 0.15) is 18.1 Å². The van der Waals surface area contributed by atoms with Crippen LogP contribution in [0.15, 0.2) is 42.5 Å². The van der Waals surface area contributed by atoms with Crippen molar-refractivity contribution >= 4 is 17.8 Å². The molecular formula is C21H20FN3O5. The summed E-state index contributed by atoms with van der Waals surface area (Å²) in [5.41, 5.74) is -0.103. The lowest BCUT2D eigenvalue weighted by Crippen LogP contribution is -2.46. The maximum atomic E-state index is 13.7. The van der Waals surface area contributed by atoms with E-state index >= 15 is 0 Å². The molecule has 0 radical (unpaired) electrons. The number of ether oxygens (including phenoxy) is 2. The molecule has 0 aliphatic carbocycles. The minimum atomic E-state index is -1.20. The number of rotatable bonds is 6. The van der Waals surface area contributed by atoms with Gasteiger partial charge in [-0.3, -0.25) is 14.5 Å². The average molecular weight is 413 g/mol. The molecule has 9 heteroatoms. The first-order valence-corrected chi connectivity index (χ1v) is 9.38. The van der Waals surface area contributed by atoms with Crippen molar-refractivity contribution in [3.8, 4) is 11.5 Å². The number of fused-ring (bicyclic) bond motifs is 1. The van der Waals surface area contributed by atoms with E-state index in [0.717, 1.165) is 10.5 Å². The van der Waals surface area contributed by atoms with E-state index < -0.39 is 35.7 Å². The van der Waals surface area contributed by atoms with Crippen LogP contribution >= 0.6 is 0 Å². The third-order valence-electron chi connectivity index (χ3n) is 5.08. The molecule has 2 aliphatic heterocycles. The van der Waals surface area contributed by atoms with Gasteiger partial charge in [-0.15, -0.1) is 0 Å². The van der Waals surface area contributed by atoms with Gasteiger partial charge >= 0.3 is 6.03 Å². The predicted octanol–water partition coefficient (Wildman–Crippen LogP) is 1.72. The summed E-state index contributed by atoms with van der Waals surface area (Å²) in [4.78, 5) is 38.3. The molecule has 156 valence electrons. The summed E-state index contributed by atoms with van der Waals surface area (Å²) in [7, 11) is 0. The summed E-state index contributed by atoms with van der Waals surface area (Å²) in [6.45, 7) is 1.26.